The van der Waals surface area contributed by atoms with Gasteiger partial charge in [-0.25, -0.2) is 8.93 Å². The van der Waals surface area contributed by atoms with E-state index in [9.17, 15) is 9.47 Å². The second-order valence-corrected chi connectivity index (χ2v) is 6.70. The molecule has 4 nitrogen and oxygen atoms in total. The normalized spacial score (nSPS) is 13.8. The summed E-state index contributed by atoms with van der Waals surface area (Å²) in [7, 11) is 0.0430. The van der Waals surface area contributed by atoms with Crippen LogP contribution >= 0.6 is 0 Å². The molecule has 116 valence electrons. The molecule has 1 N–H and O–H groups in total. The van der Waals surface area contributed by atoms with Crippen molar-refractivity contribution in [1.29, 1.82) is 5.26 Å². The van der Waals surface area contributed by atoms with Crippen molar-refractivity contribution in [2.75, 3.05) is 7.11 Å². The van der Waals surface area contributed by atoms with Crippen molar-refractivity contribution >= 4 is 21.8 Å². The number of hydrogen-bond acceptors (Lipinski definition) is 3. The number of fused-ring (bicyclic) bond motifs is 1. The summed E-state index contributed by atoms with van der Waals surface area (Å²) in [5.74, 6) is 0.911. The maximum absolute atomic E-state index is 12.8. The van der Waals surface area contributed by atoms with E-state index in [2.05, 4.69) is 10.8 Å². The molecule has 0 aliphatic rings. The highest BCUT2D eigenvalue weighted by Crippen LogP contribution is 2.30. The van der Waals surface area contributed by atoms with Crippen LogP contribution in [0, 0.1) is 17.2 Å². The van der Waals surface area contributed by atoms with Crippen LogP contribution in [0.25, 0.3) is 10.8 Å². The summed E-state index contributed by atoms with van der Waals surface area (Å²) < 4.78 is 21.0. The molecule has 2 aromatic rings. The molecule has 2 aromatic carbocycles. The van der Waals surface area contributed by atoms with Crippen LogP contribution in [0.15, 0.2) is 41.3 Å². The van der Waals surface area contributed by atoms with Crippen LogP contribution in [0.5, 0.6) is 5.75 Å². The predicted octanol–water partition coefficient (Wildman–Crippen LogP) is 3.40. The molecule has 0 heterocycles. The van der Waals surface area contributed by atoms with Gasteiger partial charge in [-0.1, -0.05) is 44.2 Å². The molecule has 2 rings (SSSR count). The van der Waals surface area contributed by atoms with Crippen LogP contribution in [0.4, 0.5) is 0 Å². The molecule has 22 heavy (non-hydrogen) atoms. The molecule has 0 spiro atoms. The van der Waals surface area contributed by atoms with E-state index in [-0.39, 0.29) is 0 Å². The van der Waals surface area contributed by atoms with Gasteiger partial charge in [0, 0.05) is 5.39 Å². The van der Waals surface area contributed by atoms with Gasteiger partial charge in [0.2, 0.25) is 0 Å². The largest absolute Gasteiger partial charge is 0.495 e. The third-order valence-electron chi connectivity index (χ3n) is 3.36. The lowest BCUT2D eigenvalue weighted by Crippen LogP contribution is -2.31. The Morgan fingerprint density at radius 3 is 2.64 bits per heavy atom. The van der Waals surface area contributed by atoms with Gasteiger partial charge in [0.1, 0.15) is 27.7 Å². The minimum absolute atomic E-state index is 0.351. The monoisotopic (exact) mass is 316 g/mol. The van der Waals surface area contributed by atoms with Gasteiger partial charge in [0.05, 0.1) is 13.2 Å². The third kappa shape index (κ3) is 3.65. The fourth-order valence-electron chi connectivity index (χ4n) is 2.36. The quantitative estimate of drug-likeness (QED) is 0.888. The molecule has 0 amide bonds. The maximum atomic E-state index is 12.8. The van der Waals surface area contributed by atoms with E-state index in [0.717, 1.165) is 10.8 Å². The molecule has 2 unspecified atom stereocenters. The number of nitriles is 1. The molecule has 0 saturated heterocycles. The van der Waals surface area contributed by atoms with E-state index >= 15 is 0 Å². The lowest BCUT2D eigenvalue weighted by molar-refractivity contribution is 0.405. The summed E-state index contributed by atoms with van der Waals surface area (Å²) in [6, 6.07) is 13.2. The van der Waals surface area contributed by atoms with Gasteiger partial charge in [-0.2, -0.15) is 5.26 Å². The fourth-order valence-corrected chi connectivity index (χ4v) is 3.61. The zero-order valence-electron chi connectivity index (χ0n) is 13.0. The van der Waals surface area contributed by atoms with Gasteiger partial charge in [-0.05, 0) is 23.8 Å². The van der Waals surface area contributed by atoms with Crippen LogP contribution in [0.3, 0.4) is 0 Å². The van der Waals surface area contributed by atoms with Gasteiger partial charge < -0.3 is 4.74 Å². The van der Waals surface area contributed by atoms with Crippen LogP contribution in [-0.2, 0) is 11.0 Å². The number of ether oxygens (including phenoxy) is 1. The van der Waals surface area contributed by atoms with E-state index in [1.54, 1.807) is 13.2 Å². The van der Waals surface area contributed by atoms with Crippen molar-refractivity contribution in [3.8, 4) is 11.8 Å². The van der Waals surface area contributed by atoms with Crippen molar-refractivity contribution in [1.82, 2.24) is 4.72 Å². The molecule has 0 saturated carbocycles. The Kier molecular flexibility index (Phi) is 5.53. The molecule has 0 bridgehead atoms. The Hall–Kier alpha value is -1.90. The van der Waals surface area contributed by atoms with Crippen molar-refractivity contribution in [3.63, 3.8) is 0 Å². The molecule has 0 aliphatic heterocycles. The fraction of sp³-hybridized carbons (Fsp3) is 0.353. The van der Waals surface area contributed by atoms with Gasteiger partial charge in [0.25, 0.3) is 0 Å². The maximum Gasteiger partial charge on any atom is 0.137 e. The molecule has 0 aromatic heterocycles. The van der Waals surface area contributed by atoms with Gasteiger partial charge >= 0.3 is 0 Å². The summed E-state index contributed by atoms with van der Waals surface area (Å²) in [5.41, 5.74) is 0. The minimum Gasteiger partial charge on any atom is -0.495 e. The SMILES string of the molecule is COc1ccc2ccccc2c1S(=O)NC(C#N)CC(C)C. The van der Waals surface area contributed by atoms with Crippen molar-refractivity contribution in [2.45, 2.75) is 31.2 Å². The van der Waals surface area contributed by atoms with Gasteiger partial charge in [0.15, 0.2) is 0 Å². The minimum atomic E-state index is -1.51. The van der Waals surface area contributed by atoms with E-state index in [1.807, 2.05) is 44.2 Å². The number of rotatable bonds is 6. The third-order valence-corrected chi connectivity index (χ3v) is 4.65. The Bertz CT molecular complexity index is 722. The Morgan fingerprint density at radius 2 is 2.00 bits per heavy atom. The average Bonchev–Trinajstić information content (AvgIpc) is 2.52. The van der Waals surface area contributed by atoms with Crippen LogP contribution in [0.1, 0.15) is 20.3 Å². The lowest BCUT2D eigenvalue weighted by Gasteiger charge is -2.16. The molecular formula is C17H20N2O2S. The van der Waals surface area contributed by atoms with Gasteiger partial charge in [-0.3, -0.25) is 0 Å². The highest BCUT2D eigenvalue weighted by atomic mass is 32.2. The van der Waals surface area contributed by atoms with Crippen molar-refractivity contribution in [2.24, 2.45) is 5.92 Å². The number of nitrogens with one attached hydrogen (secondary N) is 1. The van der Waals surface area contributed by atoms with E-state index in [4.69, 9.17) is 4.74 Å². The van der Waals surface area contributed by atoms with Gasteiger partial charge in [-0.15, -0.1) is 0 Å². The van der Waals surface area contributed by atoms with Crippen molar-refractivity contribution in [3.05, 3.63) is 36.4 Å². The van der Waals surface area contributed by atoms with Crippen LogP contribution in [-0.4, -0.2) is 17.4 Å². The lowest BCUT2D eigenvalue weighted by atomic mass is 10.1. The number of benzene rings is 2. The standard InChI is InChI=1S/C17H20N2O2S/c1-12(2)10-14(11-18)19-22(20)17-15-7-5-4-6-13(15)8-9-16(17)21-3/h4-9,12,14,19H,10H2,1-3H3. The summed E-state index contributed by atoms with van der Waals surface area (Å²) >= 11 is 0. The highest BCUT2D eigenvalue weighted by molar-refractivity contribution is 7.83. The Labute approximate surface area is 133 Å². The number of nitrogens with zero attached hydrogens (tertiary/aromatic N) is 1. The number of hydrogen-bond donors (Lipinski definition) is 1. The summed E-state index contributed by atoms with van der Waals surface area (Å²) in [5, 5.41) is 11.1. The topological polar surface area (TPSA) is 62.1 Å². The van der Waals surface area contributed by atoms with E-state index in [1.165, 1.54) is 0 Å². The summed E-state index contributed by atoms with van der Waals surface area (Å²) in [6.45, 7) is 4.07. The first-order valence-corrected chi connectivity index (χ1v) is 8.35. The smallest absolute Gasteiger partial charge is 0.137 e. The Morgan fingerprint density at radius 1 is 1.27 bits per heavy atom. The first kappa shape index (κ1) is 16.5. The number of methoxy groups -OCH3 is 1. The molecule has 5 heteroatoms. The van der Waals surface area contributed by atoms with Crippen LogP contribution in [0.2, 0.25) is 0 Å². The second kappa shape index (κ2) is 7.39. The zero-order chi connectivity index (χ0) is 16.1. The molecular weight excluding hydrogens is 296 g/mol. The first-order chi connectivity index (χ1) is 10.6. The highest BCUT2D eigenvalue weighted by Gasteiger charge is 2.19. The van der Waals surface area contributed by atoms with Crippen LogP contribution < -0.4 is 9.46 Å². The zero-order valence-corrected chi connectivity index (χ0v) is 13.8. The first-order valence-electron chi connectivity index (χ1n) is 7.20. The molecule has 0 radical (unpaired) electrons. The molecule has 0 fully saturated rings. The van der Waals surface area contributed by atoms with E-state index in [0.29, 0.717) is 23.0 Å². The average molecular weight is 316 g/mol. The summed E-state index contributed by atoms with van der Waals surface area (Å²) in [6.07, 6.45) is 0.648. The molecule has 2 atom stereocenters. The van der Waals surface area contributed by atoms with Crippen molar-refractivity contribution < 1.29 is 8.95 Å². The van der Waals surface area contributed by atoms with E-state index < -0.39 is 17.0 Å². The predicted molar refractivity (Wildman–Crippen MR) is 88.9 cm³/mol. The molecule has 0 aliphatic carbocycles. The summed E-state index contributed by atoms with van der Waals surface area (Å²) in [4.78, 5) is 0.588. The Balaban J connectivity index is 2.40. The second-order valence-electron chi connectivity index (χ2n) is 5.52.